The molecule has 0 atom stereocenters. The average Bonchev–Trinajstić information content (AvgIpc) is 3.31. The molecule has 0 saturated carbocycles. The van der Waals surface area contributed by atoms with E-state index in [1.807, 2.05) is 12.1 Å². The van der Waals surface area contributed by atoms with Crippen LogP contribution in [0.3, 0.4) is 0 Å². The van der Waals surface area contributed by atoms with Crippen molar-refractivity contribution in [1.29, 1.82) is 0 Å². The van der Waals surface area contributed by atoms with Crippen molar-refractivity contribution in [3.8, 4) is 0 Å². The van der Waals surface area contributed by atoms with E-state index in [1.54, 1.807) is 41.2 Å². The Morgan fingerprint density at radius 2 is 1.83 bits per heavy atom. The predicted octanol–water partition coefficient (Wildman–Crippen LogP) is 4.24. The number of carbonyl (C=O) groups is 2. The maximum absolute atomic E-state index is 13.1. The van der Waals surface area contributed by atoms with Gasteiger partial charge in [-0.15, -0.1) is 0 Å². The molecule has 6 nitrogen and oxygen atoms in total. The van der Waals surface area contributed by atoms with E-state index >= 15 is 0 Å². The van der Waals surface area contributed by atoms with Crippen LogP contribution in [0.25, 0.3) is 0 Å². The smallest absolute Gasteiger partial charge is 0.318 e. The lowest BCUT2D eigenvalue weighted by Gasteiger charge is -2.16. The average molecular weight is 425 g/mol. The van der Waals surface area contributed by atoms with Gasteiger partial charge in [-0.2, -0.15) is 0 Å². The summed E-state index contributed by atoms with van der Waals surface area (Å²) in [5.41, 5.74) is 2.58. The molecule has 30 heavy (non-hydrogen) atoms. The Bertz CT molecular complexity index is 1050. The van der Waals surface area contributed by atoms with Gasteiger partial charge in [-0.1, -0.05) is 23.5 Å². The number of hydrogen-bond donors (Lipinski definition) is 0. The molecule has 2 amide bonds. The summed E-state index contributed by atoms with van der Waals surface area (Å²) in [4.78, 5) is 37.9. The Morgan fingerprint density at radius 1 is 1.10 bits per heavy atom. The van der Waals surface area contributed by atoms with E-state index in [9.17, 15) is 14.0 Å². The molecule has 4 rings (SSSR count). The topological polar surface area (TPSA) is 66.4 Å². The lowest BCUT2D eigenvalue weighted by atomic mass is 10.1. The van der Waals surface area contributed by atoms with Gasteiger partial charge in [0.05, 0.1) is 10.6 Å². The fourth-order valence-electron chi connectivity index (χ4n) is 3.39. The van der Waals surface area contributed by atoms with Crippen molar-refractivity contribution < 1.29 is 14.0 Å². The van der Waals surface area contributed by atoms with Crippen molar-refractivity contribution in [3.05, 3.63) is 76.3 Å². The van der Waals surface area contributed by atoms with Crippen LogP contribution in [-0.2, 0) is 13.0 Å². The standard InChI is InChI=1S/C22H21FN4O2S/c1-15-20(19(28)7-4-16-8-10-24-11-9-16)30-21(25-15)27-13-12-26(22(27)29)14-17-2-5-18(23)6-3-17/h2-3,5-6,8-11H,4,7,12-14H2,1H3. The van der Waals surface area contributed by atoms with E-state index in [1.165, 1.54) is 23.5 Å². The van der Waals surface area contributed by atoms with Crippen LogP contribution < -0.4 is 4.90 Å². The van der Waals surface area contributed by atoms with Gasteiger partial charge in [-0.05, 0) is 48.7 Å². The summed E-state index contributed by atoms with van der Waals surface area (Å²) in [6.45, 7) is 3.28. The maximum Gasteiger partial charge on any atom is 0.326 e. The first-order chi connectivity index (χ1) is 14.5. The van der Waals surface area contributed by atoms with Crippen molar-refractivity contribution in [2.45, 2.75) is 26.3 Å². The van der Waals surface area contributed by atoms with Gasteiger partial charge in [-0.3, -0.25) is 14.7 Å². The molecule has 0 unspecified atom stereocenters. The van der Waals surface area contributed by atoms with Gasteiger partial charge in [-0.25, -0.2) is 14.2 Å². The highest BCUT2D eigenvalue weighted by Gasteiger charge is 2.32. The zero-order valence-electron chi connectivity index (χ0n) is 16.5. The van der Waals surface area contributed by atoms with E-state index in [2.05, 4.69) is 9.97 Å². The number of hydrogen-bond acceptors (Lipinski definition) is 5. The van der Waals surface area contributed by atoms with E-state index < -0.39 is 0 Å². The van der Waals surface area contributed by atoms with Gasteiger partial charge in [0, 0.05) is 38.4 Å². The first kappa shape index (κ1) is 20.2. The number of pyridine rings is 1. The minimum absolute atomic E-state index is 0.0304. The normalized spacial score (nSPS) is 13.9. The van der Waals surface area contributed by atoms with Crippen LogP contribution in [0.4, 0.5) is 14.3 Å². The van der Waals surface area contributed by atoms with Gasteiger partial charge < -0.3 is 4.90 Å². The van der Waals surface area contributed by atoms with Crippen LogP contribution >= 0.6 is 11.3 Å². The molecular formula is C22H21FN4O2S. The summed E-state index contributed by atoms with van der Waals surface area (Å²) in [6, 6.07) is 9.79. The van der Waals surface area contributed by atoms with Gasteiger partial charge in [0.1, 0.15) is 5.82 Å². The molecule has 1 saturated heterocycles. The molecule has 8 heteroatoms. The Morgan fingerprint density at radius 3 is 2.57 bits per heavy atom. The minimum atomic E-state index is -0.299. The molecule has 0 aliphatic carbocycles. The second kappa shape index (κ2) is 8.71. The number of urea groups is 1. The van der Waals surface area contributed by atoms with E-state index in [-0.39, 0.29) is 17.6 Å². The molecular weight excluding hydrogens is 403 g/mol. The molecule has 3 aromatic rings. The number of rotatable bonds is 7. The Balaban J connectivity index is 1.41. The maximum atomic E-state index is 13.1. The molecule has 2 aromatic heterocycles. The van der Waals surface area contributed by atoms with Crippen molar-refractivity contribution in [1.82, 2.24) is 14.9 Å². The molecule has 1 aromatic carbocycles. The fraction of sp³-hybridized carbons (Fsp3) is 0.273. The van der Waals surface area contributed by atoms with Crippen LogP contribution in [0, 0.1) is 12.7 Å². The van der Waals surface area contributed by atoms with E-state index in [0.29, 0.717) is 48.2 Å². The first-order valence-electron chi connectivity index (χ1n) is 9.71. The first-order valence-corrected chi connectivity index (χ1v) is 10.5. The number of Topliss-reactive ketones (excluding diaryl/α,β-unsaturated/α-hetero) is 1. The number of ketones is 1. The van der Waals surface area contributed by atoms with Crippen molar-refractivity contribution in [2.24, 2.45) is 0 Å². The highest BCUT2D eigenvalue weighted by Crippen LogP contribution is 2.30. The van der Waals surface area contributed by atoms with Crippen molar-refractivity contribution in [3.63, 3.8) is 0 Å². The molecule has 0 spiro atoms. The van der Waals surface area contributed by atoms with Crippen LogP contribution in [0.15, 0.2) is 48.8 Å². The lowest BCUT2D eigenvalue weighted by molar-refractivity contribution is 0.0986. The second-order valence-corrected chi connectivity index (χ2v) is 8.15. The van der Waals surface area contributed by atoms with Crippen LogP contribution in [0.1, 0.15) is 32.9 Å². The number of aryl methyl sites for hydroxylation is 2. The number of benzene rings is 1. The van der Waals surface area contributed by atoms with Crippen molar-refractivity contribution in [2.75, 3.05) is 18.0 Å². The third-order valence-electron chi connectivity index (χ3n) is 5.04. The quantitative estimate of drug-likeness (QED) is 0.532. The van der Waals surface area contributed by atoms with Crippen LogP contribution in [0.5, 0.6) is 0 Å². The predicted molar refractivity (Wildman–Crippen MR) is 113 cm³/mol. The number of anilines is 1. The van der Waals surface area contributed by atoms with Gasteiger partial charge >= 0.3 is 6.03 Å². The summed E-state index contributed by atoms with van der Waals surface area (Å²) >= 11 is 1.27. The van der Waals surface area contributed by atoms with Gasteiger partial charge in [0.25, 0.3) is 0 Å². The molecule has 1 aliphatic rings. The van der Waals surface area contributed by atoms with Crippen molar-refractivity contribution >= 4 is 28.3 Å². The Kier molecular flexibility index (Phi) is 5.85. The molecule has 1 aliphatic heterocycles. The highest BCUT2D eigenvalue weighted by molar-refractivity contribution is 7.17. The Hall–Kier alpha value is -3.13. The highest BCUT2D eigenvalue weighted by atomic mass is 32.1. The fourth-order valence-corrected chi connectivity index (χ4v) is 4.45. The SMILES string of the molecule is Cc1nc(N2CCN(Cc3ccc(F)cc3)C2=O)sc1C(=O)CCc1ccncc1. The third kappa shape index (κ3) is 4.38. The minimum Gasteiger partial charge on any atom is -0.318 e. The molecule has 0 radical (unpaired) electrons. The number of aromatic nitrogens is 2. The second-order valence-electron chi connectivity index (χ2n) is 7.17. The monoisotopic (exact) mass is 424 g/mol. The zero-order valence-corrected chi connectivity index (χ0v) is 17.4. The molecule has 154 valence electrons. The summed E-state index contributed by atoms with van der Waals surface area (Å²) < 4.78 is 13.1. The number of halogens is 1. The van der Waals surface area contributed by atoms with Gasteiger partial charge in [0.2, 0.25) is 0 Å². The van der Waals surface area contributed by atoms with Crippen LogP contribution in [0.2, 0.25) is 0 Å². The van der Waals surface area contributed by atoms with E-state index in [4.69, 9.17) is 0 Å². The summed E-state index contributed by atoms with van der Waals surface area (Å²) in [5.74, 6) is -0.268. The van der Waals surface area contributed by atoms with E-state index in [0.717, 1.165) is 11.1 Å². The molecule has 3 heterocycles. The van der Waals surface area contributed by atoms with Gasteiger partial charge in [0.15, 0.2) is 10.9 Å². The number of thiazole rings is 1. The number of amides is 2. The largest absolute Gasteiger partial charge is 0.326 e. The Labute approximate surface area is 178 Å². The molecule has 0 N–H and O–H groups in total. The molecule has 1 fully saturated rings. The zero-order chi connectivity index (χ0) is 21.1. The molecule has 0 bridgehead atoms. The number of carbonyl (C=O) groups excluding carboxylic acids is 2. The summed E-state index contributed by atoms with van der Waals surface area (Å²) in [7, 11) is 0. The number of nitrogens with zero attached hydrogens (tertiary/aromatic N) is 4. The summed E-state index contributed by atoms with van der Waals surface area (Å²) in [5, 5.41) is 0.548. The summed E-state index contributed by atoms with van der Waals surface area (Å²) in [6.07, 6.45) is 4.46. The third-order valence-corrected chi connectivity index (χ3v) is 6.26. The van der Waals surface area contributed by atoms with Crippen LogP contribution in [-0.4, -0.2) is 39.8 Å². The lowest BCUT2D eigenvalue weighted by Crippen LogP contribution is -2.31.